The zero-order valence-corrected chi connectivity index (χ0v) is 7.61. The molecule has 0 radical (unpaired) electrons. The summed E-state index contributed by atoms with van der Waals surface area (Å²) in [5.74, 6) is 0.0983. The Morgan fingerprint density at radius 3 is 2.77 bits per heavy atom. The van der Waals surface area contributed by atoms with E-state index >= 15 is 0 Å². The smallest absolute Gasteiger partial charge is 0.163 e. The van der Waals surface area contributed by atoms with Gasteiger partial charge in [0.2, 0.25) is 0 Å². The molecule has 68 valence electrons. The van der Waals surface area contributed by atoms with Gasteiger partial charge in [-0.3, -0.25) is 4.79 Å². The second kappa shape index (κ2) is 3.85. The van der Waals surface area contributed by atoms with Crippen molar-refractivity contribution in [3.63, 3.8) is 0 Å². The number of aliphatic imine (C=N–C) groups is 1. The van der Waals surface area contributed by atoms with E-state index in [1.165, 1.54) is 0 Å². The first-order chi connectivity index (χ1) is 6.15. The van der Waals surface area contributed by atoms with E-state index in [9.17, 15) is 9.90 Å². The fourth-order valence-electron chi connectivity index (χ4n) is 0.992. The van der Waals surface area contributed by atoms with Crippen LogP contribution in [0.4, 0.5) is 5.69 Å². The molecule has 0 atom stereocenters. The Bertz CT molecular complexity index is 336. The van der Waals surface area contributed by atoms with Crippen molar-refractivity contribution in [2.75, 3.05) is 0 Å². The van der Waals surface area contributed by atoms with Gasteiger partial charge in [0.05, 0.1) is 5.71 Å². The van der Waals surface area contributed by atoms with E-state index in [1.807, 2.05) is 13.0 Å². The minimum atomic E-state index is 0.0983. The van der Waals surface area contributed by atoms with Crippen LogP contribution in [0.2, 0.25) is 0 Å². The maximum Gasteiger partial charge on any atom is 0.163 e. The molecule has 3 heteroatoms. The molecule has 0 saturated carbocycles. The Morgan fingerprint density at radius 2 is 2.23 bits per heavy atom. The number of nitrogens with zero attached hydrogens (tertiary/aromatic N) is 1. The van der Waals surface area contributed by atoms with Crippen LogP contribution in [0.3, 0.4) is 0 Å². The van der Waals surface area contributed by atoms with E-state index in [1.54, 1.807) is 19.1 Å². The lowest BCUT2D eigenvalue weighted by atomic mass is 10.2. The van der Waals surface area contributed by atoms with Gasteiger partial charge in [-0.2, -0.15) is 0 Å². The van der Waals surface area contributed by atoms with E-state index < -0.39 is 0 Å². The normalized spacial score (nSPS) is 11.4. The summed E-state index contributed by atoms with van der Waals surface area (Å²) >= 11 is 0. The van der Waals surface area contributed by atoms with Crippen LogP contribution in [0.15, 0.2) is 23.2 Å². The number of rotatable bonds is 2. The molecule has 0 fully saturated rings. The van der Waals surface area contributed by atoms with Crippen molar-refractivity contribution in [1.82, 2.24) is 0 Å². The minimum Gasteiger partial charge on any atom is -0.506 e. The number of para-hydroxylation sites is 1. The van der Waals surface area contributed by atoms with Crippen molar-refractivity contribution in [1.29, 1.82) is 0 Å². The van der Waals surface area contributed by atoms with Gasteiger partial charge in [-0.1, -0.05) is 12.1 Å². The van der Waals surface area contributed by atoms with Gasteiger partial charge in [-0.05, 0) is 25.5 Å². The second-order valence-electron chi connectivity index (χ2n) is 2.81. The second-order valence-corrected chi connectivity index (χ2v) is 2.81. The third-order valence-electron chi connectivity index (χ3n) is 1.68. The van der Waals surface area contributed by atoms with Crippen molar-refractivity contribution in [2.45, 2.75) is 13.8 Å². The number of hydrogen-bond acceptors (Lipinski definition) is 3. The number of phenols is 1. The van der Waals surface area contributed by atoms with Gasteiger partial charge in [-0.25, -0.2) is 4.99 Å². The highest BCUT2D eigenvalue weighted by molar-refractivity contribution is 6.27. The molecule has 0 saturated heterocycles. The lowest BCUT2D eigenvalue weighted by Crippen LogP contribution is -1.90. The maximum absolute atomic E-state index is 10.3. The highest BCUT2D eigenvalue weighted by atomic mass is 16.3. The number of hydrogen-bond donors (Lipinski definition) is 1. The van der Waals surface area contributed by atoms with E-state index in [0.717, 1.165) is 5.56 Å². The average Bonchev–Trinajstić information content (AvgIpc) is 2.11. The van der Waals surface area contributed by atoms with Gasteiger partial charge >= 0.3 is 0 Å². The van der Waals surface area contributed by atoms with Crippen molar-refractivity contribution in [3.05, 3.63) is 23.8 Å². The lowest BCUT2D eigenvalue weighted by molar-refractivity contribution is -0.102. The van der Waals surface area contributed by atoms with Crippen molar-refractivity contribution in [2.24, 2.45) is 4.99 Å². The maximum atomic E-state index is 10.3. The van der Waals surface area contributed by atoms with E-state index in [4.69, 9.17) is 0 Å². The predicted molar refractivity (Wildman–Crippen MR) is 51.7 cm³/mol. The average molecular weight is 177 g/mol. The van der Waals surface area contributed by atoms with E-state index in [0.29, 0.717) is 17.7 Å². The Morgan fingerprint density at radius 1 is 1.54 bits per heavy atom. The first kappa shape index (κ1) is 9.45. The number of phenolic OH excluding ortho intramolecular Hbond substituents is 1. The number of aromatic hydroxyl groups is 1. The molecule has 0 aliphatic rings. The van der Waals surface area contributed by atoms with Crippen LogP contribution in [-0.4, -0.2) is 17.1 Å². The standard InChI is InChI=1S/C10H11NO2/c1-7-4-3-5-9(13)10(7)11-8(2)6-12/h3-6,13H,1-2H3/b11-8+. The zero-order valence-electron chi connectivity index (χ0n) is 7.61. The molecular formula is C10H11NO2. The number of benzene rings is 1. The Balaban J connectivity index is 3.21. The number of carbonyl (C=O) groups excluding carboxylic acids is 1. The summed E-state index contributed by atoms with van der Waals surface area (Å²) in [6, 6.07) is 5.11. The molecule has 1 N–H and O–H groups in total. The van der Waals surface area contributed by atoms with Gasteiger partial charge in [0.1, 0.15) is 11.4 Å². The molecule has 3 nitrogen and oxygen atoms in total. The molecular weight excluding hydrogens is 166 g/mol. The first-order valence-corrected chi connectivity index (χ1v) is 3.94. The van der Waals surface area contributed by atoms with Gasteiger partial charge in [0, 0.05) is 0 Å². The third-order valence-corrected chi connectivity index (χ3v) is 1.68. The number of carbonyl (C=O) groups is 1. The molecule has 0 heterocycles. The Labute approximate surface area is 76.7 Å². The fraction of sp³-hybridized carbons (Fsp3) is 0.200. The van der Waals surface area contributed by atoms with Crippen molar-refractivity contribution >= 4 is 17.7 Å². The predicted octanol–water partition coefficient (Wildman–Crippen LogP) is 1.99. The van der Waals surface area contributed by atoms with Crippen LogP contribution in [0.25, 0.3) is 0 Å². The molecule has 0 aromatic heterocycles. The SMILES string of the molecule is C/C(C=O)=N\c1c(C)cccc1O. The van der Waals surface area contributed by atoms with Crippen LogP contribution in [0.1, 0.15) is 12.5 Å². The van der Waals surface area contributed by atoms with Gasteiger partial charge in [-0.15, -0.1) is 0 Å². The van der Waals surface area contributed by atoms with E-state index in [-0.39, 0.29) is 5.75 Å². The lowest BCUT2D eigenvalue weighted by Gasteiger charge is -2.02. The largest absolute Gasteiger partial charge is 0.506 e. The summed E-state index contributed by atoms with van der Waals surface area (Å²) in [5.41, 5.74) is 1.66. The quantitative estimate of drug-likeness (QED) is 0.554. The van der Waals surface area contributed by atoms with Gasteiger partial charge in [0.15, 0.2) is 6.29 Å². The fourth-order valence-corrected chi connectivity index (χ4v) is 0.992. The minimum absolute atomic E-state index is 0.0983. The number of aldehydes is 1. The highest BCUT2D eigenvalue weighted by Gasteiger charge is 2.02. The molecule has 0 spiro atoms. The molecule has 1 aromatic rings. The monoisotopic (exact) mass is 177 g/mol. The Kier molecular flexibility index (Phi) is 2.80. The number of aryl methyl sites for hydroxylation is 1. The molecule has 1 aromatic carbocycles. The third kappa shape index (κ3) is 2.15. The molecule has 0 aliphatic heterocycles. The summed E-state index contributed by atoms with van der Waals surface area (Å²) in [4.78, 5) is 14.3. The zero-order chi connectivity index (χ0) is 9.84. The summed E-state index contributed by atoms with van der Waals surface area (Å²) in [7, 11) is 0. The summed E-state index contributed by atoms with van der Waals surface area (Å²) in [5, 5.41) is 9.41. The van der Waals surface area contributed by atoms with Crippen molar-refractivity contribution < 1.29 is 9.90 Å². The van der Waals surface area contributed by atoms with Crippen LogP contribution < -0.4 is 0 Å². The summed E-state index contributed by atoms with van der Waals surface area (Å²) < 4.78 is 0. The molecule has 13 heavy (non-hydrogen) atoms. The molecule has 0 amide bonds. The van der Waals surface area contributed by atoms with Crippen LogP contribution in [0.5, 0.6) is 5.75 Å². The summed E-state index contributed by atoms with van der Waals surface area (Å²) in [6.07, 6.45) is 0.659. The molecule has 0 unspecified atom stereocenters. The highest BCUT2D eigenvalue weighted by Crippen LogP contribution is 2.29. The van der Waals surface area contributed by atoms with Crippen LogP contribution >= 0.6 is 0 Å². The Hall–Kier alpha value is -1.64. The van der Waals surface area contributed by atoms with E-state index in [2.05, 4.69) is 4.99 Å². The topological polar surface area (TPSA) is 49.7 Å². The van der Waals surface area contributed by atoms with Gasteiger partial charge < -0.3 is 5.11 Å². The van der Waals surface area contributed by atoms with Gasteiger partial charge in [0.25, 0.3) is 0 Å². The first-order valence-electron chi connectivity index (χ1n) is 3.94. The summed E-state index contributed by atoms with van der Waals surface area (Å²) in [6.45, 7) is 3.43. The van der Waals surface area contributed by atoms with Crippen molar-refractivity contribution in [3.8, 4) is 5.75 Å². The van der Waals surface area contributed by atoms with Crippen LogP contribution in [-0.2, 0) is 4.79 Å². The van der Waals surface area contributed by atoms with Crippen LogP contribution in [0, 0.1) is 6.92 Å². The molecule has 1 rings (SSSR count). The molecule has 0 aliphatic carbocycles. The molecule has 0 bridgehead atoms.